The summed E-state index contributed by atoms with van der Waals surface area (Å²) in [6.45, 7) is 7.01. The topological polar surface area (TPSA) is 41.3 Å². The summed E-state index contributed by atoms with van der Waals surface area (Å²) in [5.41, 5.74) is 2.87. The zero-order valence-electron chi connectivity index (χ0n) is 7.25. The quantitative estimate of drug-likeness (QED) is 0.428. The van der Waals surface area contributed by atoms with Crippen LogP contribution in [0.25, 0.3) is 0 Å². The van der Waals surface area contributed by atoms with Crippen LogP contribution in [0, 0.1) is 11.8 Å². The van der Waals surface area contributed by atoms with Gasteiger partial charge < -0.3 is 4.90 Å². The minimum atomic E-state index is 0.630. The van der Waals surface area contributed by atoms with Gasteiger partial charge in [0.05, 0.1) is 0 Å². The van der Waals surface area contributed by atoms with Gasteiger partial charge in [-0.2, -0.15) is 0 Å². The number of nitrogens with one attached hydrogen (secondary N) is 1. The van der Waals surface area contributed by atoms with Crippen LogP contribution in [0.5, 0.6) is 0 Å². The van der Waals surface area contributed by atoms with Crippen LogP contribution >= 0.6 is 0 Å². The van der Waals surface area contributed by atoms with E-state index in [0.29, 0.717) is 12.1 Å². The summed E-state index contributed by atoms with van der Waals surface area (Å²) in [5, 5.41) is 0. The summed E-state index contributed by atoms with van der Waals surface area (Å²) >= 11 is 0. The van der Waals surface area contributed by atoms with Crippen LogP contribution in [-0.2, 0) is 0 Å². The van der Waals surface area contributed by atoms with Crippen LogP contribution < -0.4 is 11.3 Å². The van der Waals surface area contributed by atoms with Gasteiger partial charge in [0, 0.05) is 25.2 Å². The van der Waals surface area contributed by atoms with Gasteiger partial charge in [0.15, 0.2) is 0 Å². The molecule has 0 aromatic rings. The van der Waals surface area contributed by atoms with E-state index in [1.54, 1.807) is 0 Å². The third-order valence-electron chi connectivity index (χ3n) is 3.15. The molecule has 2 rings (SSSR count). The predicted octanol–water partition coefficient (Wildman–Crippen LogP) is -0.212. The van der Waals surface area contributed by atoms with Crippen molar-refractivity contribution < 1.29 is 0 Å². The molecule has 1 saturated carbocycles. The Hall–Kier alpha value is -0.120. The average molecular weight is 155 g/mol. The van der Waals surface area contributed by atoms with E-state index in [1.807, 2.05) is 0 Å². The van der Waals surface area contributed by atoms with Crippen LogP contribution in [0.15, 0.2) is 0 Å². The van der Waals surface area contributed by atoms with Gasteiger partial charge in [0.1, 0.15) is 0 Å². The zero-order chi connectivity index (χ0) is 8.01. The minimum Gasteiger partial charge on any atom is -0.300 e. The smallest absolute Gasteiger partial charge is 0.0298 e. The lowest BCUT2D eigenvalue weighted by Gasteiger charge is -2.23. The van der Waals surface area contributed by atoms with Gasteiger partial charge in [0.2, 0.25) is 0 Å². The number of nitrogens with two attached hydrogens (primary N) is 1. The maximum Gasteiger partial charge on any atom is 0.0298 e. The molecule has 0 amide bonds. The summed E-state index contributed by atoms with van der Waals surface area (Å²) in [4.78, 5) is 2.53. The summed E-state index contributed by atoms with van der Waals surface area (Å²) < 4.78 is 0. The predicted molar refractivity (Wildman–Crippen MR) is 44.8 cm³/mol. The normalized spacial score (nSPS) is 43.1. The van der Waals surface area contributed by atoms with Crippen LogP contribution in [0.3, 0.4) is 0 Å². The largest absolute Gasteiger partial charge is 0.300 e. The number of piperidine rings is 1. The molecule has 2 unspecified atom stereocenters. The first kappa shape index (κ1) is 7.53. The van der Waals surface area contributed by atoms with E-state index < -0.39 is 0 Å². The molecule has 0 bridgehead atoms. The molecule has 0 radical (unpaired) electrons. The lowest BCUT2D eigenvalue weighted by molar-refractivity contribution is 0.238. The van der Waals surface area contributed by atoms with Crippen molar-refractivity contribution in [3.8, 4) is 0 Å². The highest BCUT2D eigenvalue weighted by Gasteiger charge is 2.55. The molecular formula is C8H17N3. The molecule has 3 nitrogen and oxygen atoms in total. The fourth-order valence-electron chi connectivity index (χ4n) is 2.23. The average Bonchev–Trinajstić information content (AvgIpc) is 2.41. The van der Waals surface area contributed by atoms with E-state index in [9.17, 15) is 0 Å². The lowest BCUT2D eigenvalue weighted by Crippen LogP contribution is -2.37. The van der Waals surface area contributed by atoms with Gasteiger partial charge in [0.25, 0.3) is 0 Å². The molecule has 0 aromatic carbocycles. The van der Waals surface area contributed by atoms with Gasteiger partial charge >= 0.3 is 0 Å². The zero-order valence-corrected chi connectivity index (χ0v) is 7.25. The highest BCUT2D eigenvalue weighted by molar-refractivity contribution is 5.09. The molecule has 2 atom stereocenters. The molecule has 11 heavy (non-hydrogen) atoms. The maximum atomic E-state index is 5.38. The highest BCUT2D eigenvalue weighted by Crippen LogP contribution is 2.45. The van der Waals surface area contributed by atoms with Crippen molar-refractivity contribution in [2.75, 3.05) is 13.1 Å². The highest BCUT2D eigenvalue weighted by atomic mass is 15.3. The summed E-state index contributed by atoms with van der Waals surface area (Å²) in [6.07, 6.45) is 0. The van der Waals surface area contributed by atoms with Crippen LogP contribution in [0.1, 0.15) is 13.8 Å². The Labute approximate surface area is 67.9 Å². The van der Waals surface area contributed by atoms with E-state index in [-0.39, 0.29) is 0 Å². The standard InChI is InChI=1S/C8H17N3/c1-5(2)11-3-6-7(4-11)8(6)10-9/h5-8,10H,3-4,9H2,1-2H3. The first-order chi connectivity index (χ1) is 5.24. The molecule has 0 aromatic heterocycles. The number of fused-ring (bicyclic) bond motifs is 1. The number of nitrogens with zero attached hydrogens (tertiary/aromatic N) is 1. The number of rotatable bonds is 2. The van der Waals surface area contributed by atoms with Gasteiger partial charge in [-0.15, -0.1) is 0 Å². The molecule has 1 heterocycles. The molecular weight excluding hydrogens is 138 g/mol. The molecule has 2 aliphatic rings. The SMILES string of the molecule is CC(C)N1CC2C(C1)C2NN. The third kappa shape index (κ3) is 1.08. The summed E-state index contributed by atoms with van der Waals surface area (Å²) in [5.74, 6) is 7.08. The molecule has 0 spiro atoms. The lowest BCUT2D eigenvalue weighted by atomic mass is 10.3. The molecule has 1 aliphatic carbocycles. The van der Waals surface area contributed by atoms with E-state index >= 15 is 0 Å². The molecule has 3 heteroatoms. The first-order valence-electron chi connectivity index (χ1n) is 4.44. The fourth-order valence-corrected chi connectivity index (χ4v) is 2.23. The number of hydrogen-bond acceptors (Lipinski definition) is 3. The van der Waals surface area contributed by atoms with E-state index in [1.165, 1.54) is 13.1 Å². The van der Waals surface area contributed by atoms with Gasteiger partial charge in [-0.1, -0.05) is 0 Å². The number of hydrogen-bond donors (Lipinski definition) is 2. The van der Waals surface area contributed by atoms with Crippen LogP contribution in [0.4, 0.5) is 0 Å². The van der Waals surface area contributed by atoms with Gasteiger partial charge in [-0.25, -0.2) is 0 Å². The molecule has 1 saturated heterocycles. The number of likely N-dealkylation sites (tertiary alicyclic amines) is 1. The second-order valence-electron chi connectivity index (χ2n) is 4.07. The molecule has 2 fully saturated rings. The van der Waals surface area contributed by atoms with Gasteiger partial charge in [-0.3, -0.25) is 11.3 Å². The van der Waals surface area contributed by atoms with E-state index in [4.69, 9.17) is 5.84 Å². The fraction of sp³-hybridized carbons (Fsp3) is 1.00. The van der Waals surface area contributed by atoms with Crippen LogP contribution in [-0.4, -0.2) is 30.1 Å². The summed E-state index contributed by atoms with van der Waals surface area (Å²) in [6, 6.07) is 1.34. The van der Waals surface area contributed by atoms with Crippen molar-refractivity contribution in [1.82, 2.24) is 10.3 Å². The van der Waals surface area contributed by atoms with Crippen molar-refractivity contribution >= 4 is 0 Å². The first-order valence-corrected chi connectivity index (χ1v) is 4.44. The Morgan fingerprint density at radius 1 is 1.36 bits per heavy atom. The molecule has 64 valence electrons. The van der Waals surface area contributed by atoms with Crippen LogP contribution in [0.2, 0.25) is 0 Å². The summed E-state index contributed by atoms with van der Waals surface area (Å²) in [7, 11) is 0. The van der Waals surface area contributed by atoms with Crippen molar-refractivity contribution in [3.63, 3.8) is 0 Å². The Kier molecular flexibility index (Phi) is 1.67. The number of hydrazine groups is 1. The maximum absolute atomic E-state index is 5.38. The molecule has 3 N–H and O–H groups in total. The monoisotopic (exact) mass is 155 g/mol. The Morgan fingerprint density at radius 2 is 1.91 bits per heavy atom. The Balaban J connectivity index is 1.85. The van der Waals surface area contributed by atoms with E-state index in [2.05, 4.69) is 24.2 Å². The van der Waals surface area contributed by atoms with Crippen molar-refractivity contribution in [2.24, 2.45) is 17.7 Å². The second-order valence-corrected chi connectivity index (χ2v) is 4.07. The van der Waals surface area contributed by atoms with Gasteiger partial charge in [-0.05, 0) is 25.7 Å². The Bertz CT molecular complexity index is 145. The van der Waals surface area contributed by atoms with E-state index in [0.717, 1.165) is 11.8 Å². The van der Waals surface area contributed by atoms with Crippen molar-refractivity contribution in [1.29, 1.82) is 0 Å². The third-order valence-corrected chi connectivity index (χ3v) is 3.15. The molecule has 1 aliphatic heterocycles. The second kappa shape index (κ2) is 2.44. The Morgan fingerprint density at radius 3 is 2.27 bits per heavy atom. The van der Waals surface area contributed by atoms with Crippen molar-refractivity contribution in [3.05, 3.63) is 0 Å². The minimum absolute atomic E-state index is 0.630. The van der Waals surface area contributed by atoms with Crippen molar-refractivity contribution in [2.45, 2.75) is 25.9 Å².